The lowest BCUT2D eigenvalue weighted by Gasteiger charge is -2.22. The van der Waals surface area contributed by atoms with Crippen molar-refractivity contribution in [2.24, 2.45) is 0 Å². The third-order valence-electron chi connectivity index (χ3n) is 3.27. The maximum absolute atomic E-state index is 5.67. The highest BCUT2D eigenvalue weighted by molar-refractivity contribution is 5.20. The van der Waals surface area contributed by atoms with Crippen LogP contribution in [-0.2, 0) is 0 Å². The van der Waals surface area contributed by atoms with Gasteiger partial charge in [0.25, 0.3) is 0 Å². The highest BCUT2D eigenvalue weighted by Crippen LogP contribution is 2.09. The number of unbranched alkanes of at least 4 members (excludes halogenated alkanes) is 2. The summed E-state index contributed by atoms with van der Waals surface area (Å²) in [6, 6.07) is 10.1. The first-order valence-electron chi connectivity index (χ1n) is 7.00. The van der Waals surface area contributed by atoms with Crippen LogP contribution >= 0.6 is 0 Å². The van der Waals surface area contributed by atoms with E-state index in [1.807, 2.05) is 30.3 Å². The molecule has 0 fully saturated rings. The second kappa shape index (κ2) is 7.93. The number of hydrogen-bond acceptors (Lipinski definition) is 2. The summed E-state index contributed by atoms with van der Waals surface area (Å²) < 4.78 is 5.67. The van der Waals surface area contributed by atoms with Gasteiger partial charge >= 0.3 is 0 Å². The predicted molar refractivity (Wildman–Crippen MR) is 76.0 cm³/mol. The number of hydrogen-bond donors (Lipinski definition) is 0. The minimum absolute atomic E-state index is 0.837. The molecule has 0 spiro atoms. The molecule has 0 aromatic heterocycles. The highest BCUT2D eigenvalue weighted by Gasteiger charge is 2.04. The van der Waals surface area contributed by atoms with Gasteiger partial charge in [-0.25, -0.2) is 0 Å². The molecule has 0 bridgehead atoms. The summed E-state index contributed by atoms with van der Waals surface area (Å²) in [5, 5.41) is 0. The fourth-order valence-corrected chi connectivity index (χ4v) is 2.21. The number of ether oxygens (including phenoxy) is 1. The summed E-state index contributed by atoms with van der Waals surface area (Å²) in [5.41, 5.74) is 0. The van der Waals surface area contributed by atoms with Crippen LogP contribution in [0.1, 0.15) is 25.7 Å². The van der Waals surface area contributed by atoms with Gasteiger partial charge in [0.1, 0.15) is 5.75 Å². The molecule has 1 aromatic rings. The third-order valence-corrected chi connectivity index (χ3v) is 3.27. The van der Waals surface area contributed by atoms with Crippen LogP contribution in [0.5, 0.6) is 5.75 Å². The van der Waals surface area contributed by atoms with Crippen molar-refractivity contribution in [1.82, 2.24) is 4.90 Å². The van der Waals surface area contributed by atoms with Gasteiger partial charge in [0, 0.05) is 13.1 Å². The molecule has 1 aliphatic rings. The van der Waals surface area contributed by atoms with Crippen molar-refractivity contribution in [2.45, 2.75) is 25.7 Å². The monoisotopic (exact) mass is 245 g/mol. The van der Waals surface area contributed by atoms with Crippen LogP contribution in [0.15, 0.2) is 42.5 Å². The third kappa shape index (κ3) is 4.92. The minimum atomic E-state index is 0.837. The summed E-state index contributed by atoms with van der Waals surface area (Å²) in [4.78, 5) is 2.53. The van der Waals surface area contributed by atoms with E-state index in [1.165, 1.54) is 32.4 Å². The van der Waals surface area contributed by atoms with Crippen molar-refractivity contribution in [1.29, 1.82) is 0 Å². The summed E-state index contributed by atoms with van der Waals surface area (Å²) in [5.74, 6) is 0.985. The van der Waals surface area contributed by atoms with Crippen molar-refractivity contribution in [3.05, 3.63) is 42.5 Å². The molecule has 0 unspecified atom stereocenters. The van der Waals surface area contributed by atoms with E-state index >= 15 is 0 Å². The number of nitrogens with zero attached hydrogens (tertiary/aromatic N) is 1. The van der Waals surface area contributed by atoms with Crippen molar-refractivity contribution in [3.63, 3.8) is 0 Å². The Morgan fingerprint density at radius 3 is 2.67 bits per heavy atom. The molecule has 98 valence electrons. The zero-order valence-corrected chi connectivity index (χ0v) is 11.1. The van der Waals surface area contributed by atoms with E-state index in [9.17, 15) is 0 Å². The summed E-state index contributed by atoms with van der Waals surface area (Å²) in [6.07, 6.45) is 9.47. The van der Waals surface area contributed by atoms with E-state index in [-0.39, 0.29) is 0 Å². The van der Waals surface area contributed by atoms with Crippen LogP contribution in [0.3, 0.4) is 0 Å². The first-order valence-corrected chi connectivity index (χ1v) is 7.00. The Morgan fingerprint density at radius 2 is 1.89 bits per heavy atom. The van der Waals surface area contributed by atoms with Gasteiger partial charge < -0.3 is 4.74 Å². The van der Waals surface area contributed by atoms with Gasteiger partial charge in [-0.2, -0.15) is 0 Å². The van der Waals surface area contributed by atoms with Gasteiger partial charge in [-0.05, 0) is 44.4 Å². The average molecular weight is 245 g/mol. The first-order chi connectivity index (χ1) is 8.95. The quantitative estimate of drug-likeness (QED) is 0.538. The molecule has 0 aliphatic carbocycles. The van der Waals surface area contributed by atoms with Crippen molar-refractivity contribution in [3.8, 4) is 5.75 Å². The van der Waals surface area contributed by atoms with E-state index in [2.05, 4.69) is 17.1 Å². The molecule has 2 rings (SSSR count). The SMILES string of the molecule is C1=CCN(CCCCCOc2ccccc2)CC1. The fourth-order valence-electron chi connectivity index (χ4n) is 2.21. The maximum atomic E-state index is 5.67. The van der Waals surface area contributed by atoms with Gasteiger partial charge in [0.15, 0.2) is 0 Å². The molecular formula is C16H23NO. The topological polar surface area (TPSA) is 12.5 Å². The summed E-state index contributed by atoms with van der Waals surface area (Å²) in [6.45, 7) is 4.44. The van der Waals surface area contributed by atoms with Gasteiger partial charge in [0.2, 0.25) is 0 Å². The molecule has 1 heterocycles. The molecule has 1 aliphatic heterocycles. The predicted octanol–water partition coefficient (Wildman–Crippen LogP) is 3.50. The molecule has 0 N–H and O–H groups in total. The van der Waals surface area contributed by atoms with Crippen LogP contribution in [0.2, 0.25) is 0 Å². The van der Waals surface area contributed by atoms with Crippen LogP contribution in [0, 0.1) is 0 Å². The maximum Gasteiger partial charge on any atom is 0.119 e. The average Bonchev–Trinajstić information content (AvgIpc) is 2.45. The van der Waals surface area contributed by atoms with E-state index < -0.39 is 0 Å². The number of rotatable bonds is 7. The normalized spacial score (nSPS) is 15.8. The molecule has 0 atom stereocenters. The Balaban J connectivity index is 1.48. The summed E-state index contributed by atoms with van der Waals surface area (Å²) in [7, 11) is 0. The molecule has 0 saturated heterocycles. The van der Waals surface area contributed by atoms with Crippen molar-refractivity contribution in [2.75, 3.05) is 26.2 Å². The van der Waals surface area contributed by atoms with Gasteiger partial charge in [-0.1, -0.05) is 30.4 Å². The van der Waals surface area contributed by atoms with E-state index in [0.29, 0.717) is 0 Å². The Kier molecular flexibility index (Phi) is 5.80. The Morgan fingerprint density at radius 1 is 1.00 bits per heavy atom. The Labute approximate surface area is 110 Å². The first kappa shape index (κ1) is 13.2. The summed E-state index contributed by atoms with van der Waals surface area (Å²) >= 11 is 0. The van der Waals surface area contributed by atoms with E-state index in [0.717, 1.165) is 25.3 Å². The molecule has 2 nitrogen and oxygen atoms in total. The van der Waals surface area contributed by atoms with E-state index in [1.54, 1.807) is 0 Å². The van der Waals surface area contributed by atoms with Crippen molar-refractivity contribution >= 4 is 0 Å². The molecule has 0 saturated carbocycles. The number of para-hydroxylation sites is 1. The van der Waals surface area contributed by atoms with Crippen LogP contribution in [0.25, 0.3) is 0 Å². The van der Waals surface area contributed by atoms with Gasteiger partial charge in [-0.15, -0.1) is 0 Å². The lowest BCUT2D eigenvalue weighted by Crippen LogP contribution is -2.28. The van der Waals surface area contributed by atoms with Crippen LogP contribution in [0.4, 0.5) is 0 Å². The van der Waals surface area contributed by atoms with Crippen molar-refractivity contribution < 1.29 is 4.74 Å². The standard InChI is InChI=1S/C16H23NO/c1-4-10-16(11-5-1)18-15-9-3-8-14-17-12-6-2-7-13-17/h1-2,4-6,10-11H,3,7-9,12-15H2. The molecular weight excluding hydrogens is 222 g/mol. The van der Waals surface area contributed by atoms with Crippen LogP contribution in [-0.4, -0.2) is 31.1 Å². The molecule has 0 amide bonds. The molecule has 18 heavy (non-hydrogen) atoms. The lowest BCUT2D eigenvalue weighted by atomic mass is 10.2. The molecule has 0 radical (unpaired) electrons. The zero-order valence-electron chi connectivity index (χ0n) is 11.1. The zero-order chi connectivity index (χ0) is 12.5. The lowest BCUT2D eigenvalue weighted by molar-refractivity contribution is 0.274. The Hall–Kier alpha value is -1.28. The largest absolute Gasteiger partial charge is 0.494 e. The highest BCUT2D eigenvalue weighted by atomic mass is 16.5. The van der Waals surface area contributed by atoms with Gasteiger partial charge in [0.05, 0.1) is 6.61 Å². The molecule has 1 aromatic carbocycles. The molecule has 2 heteroatoms. The second-order valence-electron chi connectivity index (χ2n) is 4.78. The minimum Gasteiger partial charge on any atom is -0.494 e. The smallest absolute Gasteiger partial charge is 0.119 e. The van der Waals surface area contributed by atoms with Gasteiger partial charge in [-0.3, -0.25) is 4.90 Å². The van der Waals surface area contributed by atoms with E-state index in [4.69, 9.17) is 4.74 Å². The van der Waals surface area contributed by atoms with Crippen LogP contribution < -0.4 is 4.74 Å². The fraction of sp³-hybridized carbons (Fsp3) is 0.500. The Bertz CT molecular complexity index is 347. The second-order valence-corrected chi connectivity index (χ2v) is 4.78. The number of benzene rings is 1.